The molecule has 2 atom stereocenters. The van der Waals surface area contributed by atoms with Crippen LogP contribution in [0.5, 0.6) is 0 Å². The van der Waals surface area contributed by atoms with E-state index in [1.807, 2.05) is 9.80 Å². The average Bonchev–Trinajstić information content (AvgIpc) is 2.60. The Labute approximate surface area is 198 Å². The number of fused-ring (bicyclic) bond motifs is 4. The van der Waals surface area contributed by atoms with E-state index >= 15 is 0 Å². The van der Waals surface area contributed by atoms with Gasteiger partial charge >= 0.3 is 11.9 Å². The Morgan fingerprint density at radius 2 is 0.828 bits per heavy atom. The monoisotopic (exact) mass is 500 g/mol. The first-order valence-corrected chi connectivity index (χ1v) is 9.36. The zero-order valence-corrected chi connectivity index (χ0v) is 20.0. The minimum Gasteiger partial charge on any atom is -0.480 e. The summed E-state index contributed by atoms with van der Waals surface area (Å²) in [5, 5.41) is 18.2. The molecule has 2 saturated heterocycles. The molecule has 0 radical (unpaired) electrons. The van der Waals surface area contributed by atoms with Crippen LogP contribution in [0.3, 0.4) is 0 Å². The molecule has 0 amide bonds. The molecule has 0 aromatic rings. The molecule has 2 aliphatic heterocycles. The summed E-state index contributed by atoms with van der Waals surface area (Å²) in [6.45, 7) is 9.08. The van der Waals surface area contributed by atoms with E-state index in [4.69, 9.17) is 10.2 Å². The van der Waals surface area contributed by atoms with Gasteiger partial charge in [0, 0.05) is 39.3 Å². The molecule has 2 fully saturated rings. The van der Waals surface area contributed by atoms with Crippen molar-refractivity contribution in [3.63, 3.8) is 0 Å². The Morgan fingerprint density at radius 3 is 1.14 bits per heavy atom. The van der Waals surface area contributed by atoms with Gasteiger partial charge in [0.2, 0.25) is 0 Å². The summed E-state index contributed by atoms with van der Waals surface area (Å²) < 4.78 is 0. The number of hydrogen-bond acceptors (Lipinski definition) is 6. The van der Waals surface area contributed by atoms with Crippen LogP contribution in [0.1, 0.15) is 19.3 Å². The average molecular weight is 502 g/mol. The van der Waals surface area contributed by atoms with Crippen LogP contribution in [0.15, 0.2) is 0 Å². The lowest BCUT2D eigenvalue weighted by molar-refractivity contribution is -0.139. The number of rotatable bonds is 4. The molecule has 0 spiro atoms. The molecular weight excluding hydrogens is 466 g/mol. The van der Waals surface area contributed by atoms with Crippen molar-refractivity contribution in [1.82, 2.24) is 19.6 Å². The van der Waals surface area contributed by atoms with Gasteiger partial charge in [0.05, 0.1) is 13.1 Å². The summed E-state index contributed by atoms with van der Waals surface area (Å²) in [4.78, 5) is 31.0. The van der Waals surface area contributed by atoms with Gasteiger partial charge in [0.1, 0.15) is 0 Å². The first kappa shape index (κ1) is 33.6. The summed E-state index contributed by atoms with van der Waals surface area (Å²) in [7, 11) is 0. The van der Waals surface area contributed by atoms with Gasteiger partial charge in [-0.05, 0) is 45.4 Å². The number of aliphatic carboxylic acids is 2. The highest BCUT2D eigenvalue weighted by Gasteiger charge is 2.18. The van der Waals surface area contributed by atoms with Gasteiger partial charge in [0.15, 0.2) is 0 Å². The first-order valence-electron chi connectivity index (χ1n) is 9.36. The van der Waals surface area contributed by atoms with Crippen molar-refractivity contribution in [2.24, 2.45) is 0 Å². The number of nitrogens with zero attached hydrogens (tertiary/aromatic N) is 4. The van der Waals surface area contributed by atoms with Crippen LogP contribution in [-0.4, -0.2) is 120 Å². The quantitative estimate of drug-likeness (QED) is 0.595. The second kappa shape index (κ2) is 18.7. The topological polar surface area (TPSA) is 87.6 Å². The van der Waals surface area contributed by atoms with Crippen LogP contribution in [0, 0.1) is 0 Å². The van der Waals surface area contributed by atoms with E-state index in [0.717, 1.165) is 84.7 Å². The van der Waals surface area contributed by atoms with Gasteiger partial charge in [-0.3, -0.25) is 19.4 Å². The van der Waals surface area contributed by atoms with Crippen molar-refractivity contribution < 1.29 is 19.8 Å². The third kappa shape index (κ3) is 14.6. The van der Waals surface area contributed by atoms with Gasteiger partial charge in [0.25, 0.3) is 0 Å². The highest BCUT2D eigenvalue weighted by atomic mass is 35.5. The van der Waals surface area contributed by atoms with Gasteiger partial charge in [-0.25, -0.2) is 0 Å². The fourth-order valence-electron chi connectivity index (χ4n) is 3.71. The highest BCUT2D eigenvalue weighted by molar-refractivity contribution is 5.86. The largest absolute Gasteiger partial charge is 0.480 e. The first-order chi connectivity index (χ1) is 12.0. The summed E-state index contributed by atoms with van der Waals surface area (Å²) in [5.41, 5.74) is 0. The molecule has 29 heavy (non-hydrogen) atoms. The fourth-order valence-corrected chi connectivity index (χ4v) is 3.71. The summed E-state index contributed by atoms with van der Waals surface area (Å²) in [5.74, 6) is -1.52. The summed E-state index contributed by atoms with van der Waals surface area (Å²) in [6.07, 6.45) is 3.01. The van der Waals surface area contributed by atoms with Crippen molar-refractivity contribution >= 4 is 61.6 Å². The predicted octanol–water partition coefficient (Wildman–Crippen LogP) is 1.25. The van der Waals surface area contributed by atoms with E-state index in [-0.39, 0.29) is 62.7 Å². The van der Waals surface area contributed by atoms with Gasteiger partial charge in [-0.1, -0.05) is 0 Å². The number of carboxylic acid groups (broad SMARTS) is 2. The lowest BCUT2D eigenvalue weighted by atomic mass is 10.3. The van der Waals surface area contributed by atoms with E-state index < -0.39 is 11.9 Å². The Hall–Kier alpha value is -0.0600. The molecule has 2 rings (SSSR count). The SMILES string of the molecule is Cl.Cl.Cl.Cl.O=C(O)CN1CCCN2CCCN(CCCN(CC(=O)O)CC2)CC1. The van der Waals surface area contributed by atoms with E-state index in [1.165, 1.54) is 0 Å². The van der Waals surface area contributed by atoms with Gasteiger partial charge in [-0.15, -0.1) is 49.6 Å². The van der Waals surface area contributed by atoms with Crippen molar-refractivity contribution in [1.29, 1.82) is 0 Å². The van der Waals surface area contributed by atoms with Crippen molar-refractivity contribution in [2.45, 2.75) is 19.3 Å². The van der Waals surface area contributed by atoms with E-state index in [9.17, 15) is 9.59 Å². The molecule has 2 N–H and O–H groups in total. The summed E-state index contributed by atoms with van der Waals surface area (Å²) in [6, 6.07) is 0. The second-order valence-corrected chi connectivity index (χ2v) is 7.08. The maximum atomic E-state index is 11.1. The van der Waals surface area contributed by atoms with Crippen LogP contribution in [0.4, 0.5) is 0 Å². The molecule has 2 heterocycles. The van der Waals surface area contributed by atoms with Gasteiger partial charge < -0.3 is 20.0 Å². The molecule has 176 valence electrons. The Balaban J connectivity index is -0.00000169. The maximum absolute atomic E-state index is 11.1. The molecule has 2 bridgehead atoms. The van der Waals surface area contributed by atoms with Crippen molar-refractivity contribution in [2.75, 3.05) is 78.5 Å². The lowest BCUT2D eigenvalue weighted by Gasteiger charge is -2.28. The smallest absolute Gasteiger partial charge is 0.317 e. The number of hydrogen-bond donors (Lipinski definition) is 2. The maximum Gasteiger partial charge on any atom is 0.317 e. The molecule has 8 nitrogen and oxygen atoms in total. The number of carboxylic acids is 2. The molecule has 0 aromatic carbocycles. The zero-order valence-electron chi connectivity index (χ0n) is 16.7. The van der Waals surface area contributed by atoms with Crippen LogP contribution in [-0.2, 0) is 9.59 Å². The fraction of sp³-hybridized carbons (Fsp3) is 0.882. The molecule has 0 aromatic heterocycles. The van der Waals surface area contributed by atoms with Gasteiger partial charge in [-0.2, -0.15) is 0 Å². The highest BCUT2D eigenvalue weighted by Crippen LogP contribution is 2.07. The zero-order chi connectivity index (χ0) is 18.1. The Bertz CT molecular complexity index is 414. The molecular formula is C17H36Cl4N4O4. The van der Waals surface area contributed by atoms with Crippen LogP contribution >= 0.6 is 49.6 Å². The Kier molecular flexibility index (Phi) is 21.6. The molecule has 12 heteroatoms. The standard InChI is InChI=1S/C17H32N4O4.4ClH/c22-16(23)14-20-8-2-6-18-4-1-5-19(11-12-20)7-3-9-21(13-10-18)15-17(24)25;;;;/h1-15H2,(H,22,23)(H,24,25);4*1H. The van der Waals surface area contributed by atoms with E-state index in [0.29, 0.717) is 0 Å². The van der Waals surface area contributed by atoms with Crippen LogP contribution < -0.4 is 0 Å². The number of carbonyl (C=O) groups is 2. The second-order valence-electron chi connectivity index (χ2n) is 7.08. The summed E-state index contributed by atoms with van der Waals surface area (Å²) >= 11 is 0. The Morgan fingerprint density at radius 1 is 0.517 bits per heavy atom. The molecule has 0 aliphatic carbocycles. The number of halogens is 4. The van der Waals surface area contributed by atoms with Crippen LogP contribution in [0.2, 0.25) is 0 Å². The normalized spacial score (nSPS) is 24.3. The minimum absolute atomic E-state index is 0. The lowest BCUT2D eigenvalue weighted by Crippen LogP contribution is -2.41. The van der Waals surface area contributed by atoms with Crippen molar-refractivity contribution in [3.05, 3.63) is 0 Å². The van der Waals surface area contributed by atoms with Crippen molar-refractivity contribution in [3.8, 4) is 0 Å². The minimum atomic E-state index is -0.760. The predicted molar refractivity (Wildman–Crippen MR) is 124 cm³/mol. The van der Waals surface area contributed by atoms with Crippen LogP contribution in [0.25, 0.3) is 0 Å². The van der Waals surface area contributed by atoms with E-state index in [2.05, 4.69) is 9.80 Å². The molecule has 2 unspecified atom stereocenters. The third-order valence-corrected chi connectivity index (χ3v) is 5.03. The molecule has 2 aliphatic rings. The third-order valence-electron chi connectivity index (χ3n) is 5.03. The van der Waals surface area contributed by atoms with E-state index in [1.54, 1.807) is 0 Å². The molecule has 0 saturated carbocycles.